The summed E-state index contributed by atoms with van der Waals surface area (Å²) in [6, 6.07) is 22.4. The maximum absolute atomic E-state index is 13.5. The summed E-state index contributed by atoms with van der Waals surface area (Å²) in [4.78, 5) is 24.5. The number of nitrogens with one attached hydrogen (secondary N) is 1. The van der Waals surface area contributed by atoms with Gasteiger partial charge in [-0.3, -0.25) is 10.1 Å². The summed E-state index contributed by atoms with van der Waals surface area (Å²) in [6.07, 6.45) is 0. The maximum Gasteiger partial charge on any atom is 0.332 e. The van der Waals surface area contributed by atoms with Crippen LogP contribution < -0.4 is 4.72 Å². The van der Waals surface area contributed by atoms with Crippen molar-refractivity contribution in [1.29, 1.82) is 0 Å². The first-order valence-electron chi connectivity index (χ1n) is 10.1. The molecule has 0 radical (unpaired) electrons. The van der Waals surface area contributed by atoms with E-state index >= 15 is 0 Å². The molecule has 3 aromatic rings. The fourth-order valence-corrected chi connectivity index (χ4v) is 5.19. The number of aryl methyl sites for hydroxylation is 1. The summed E-state index contributed by atoms with van der Waals surface area (Å²) >= 11 is 0. The summed E-state index contributed by atoms with van der Waals surface area (Å²) in [7, 11) is -3.18. The van der Waals surface area contributed by atoms with Crippen molar-refractivity contribution in [3.05, 3.63) is 112 Å². The molecule has 0 heterocycles. The molecular weight excluding hydrogens is 444 g/mol. The molecule has 0 spiro atoms. The lowest BCUT2D eigenvalue weighted by Gasteiger charge is -2.37. The van der Waals surface area contributed by atoms with E-state index in [0.717, 1.165) is 12.7 Å². The van der Waals surface area contributed by atoms with Crippen LogP contribution in [0.5, 0.6) is 0 Å². The number of carbonyl (C=O) groups is 1. The third-order valence-electron chi connectivity index (χ3n) is 5.42. The van der Waals surface area contributed by atoms with Crippen LogP contribution in [0.4, 0.5) is 0 Å². The van der Waals surface area contributed by atoms with Crippen molar-refractivity contribution < 1.29 is 22.9 Å². The van der Waals surface area contributed by atoms with Gasteiger partial charge >= 0.3 is 5.97 Å². The summed E-state index contributed by atoms with van der Waals surface area (Å²) < 4.78 is 34.5. The Balaban J connectivity index is 2.31. The molecule has 0 aromatic heterocycles. The molecule has 3 aromatic carbocycles. The second-order valence-corrected chi connectivity index (χ2v) is 9.25. The lowest BCUT2D eigenvalue weighted by atomic mass is 9.75. The summed E-state index contributed by atoms with van der Waals surface area (Å²) in [5, 5.41) is 11.7. The van der Waals surface area contributed by atoms with Gasteiger partial charge in [-0.1, -0.05) is 78.4 Å². The van der Waals surface area contributed by atoms with E-state index in [4.69, 9.17) is 4.74 Å². The second kappa shape index (κ2) is 9.93. The van der Waals surface area contributed by atoms with Crippen molar-refractivity contribution in [1.82, 2.24) is 4.72 Å². The van der Waals surface area contributed by atoms with Crippen LogP contribution >= 0.6 is 0 Å². The van der Waals surface area contributed by atoms with E-state index in [1.54, 1.807) is 72.8 Å². The van der Waals surface area contributed by atoms with Crippen LogP contribution in [0.2, 0.25) is 0 Å². The number of hydrogen-bond donors (Lipinski definition) is 1. The number of benzene rings is 3. The number of nitro groups is 1. The predicted octanol–water partition coefficient (Wildman–Crippen LogP) is 3.40. The highest BCUT2D eigenvalue weighted by Gasteiger charge is 2.54. The lowest BCUT2D eigenvalue weighted by Crippen LogP contribution is -2.57. The fraction of sp³-hybridized carbons (Fsp3) is 0.208. The molecule has 3 rings (SSSR count). The first kappa shape index (κ1) is 24.1. The van der Waals surface area contributed by atoms with Gasteiger partial charge in [-0.05, 0) is 30.2 Å². The van der Waals surface area contributed by atoms with E-state index in [1.165, 1.54) is 12.1 Å². The Bertz CT molecular complexity index is 1210. The van der Waals surface area contributed by atoms with Gasteiger partial charge in [0.2, 0.25) is 16.6 Å². The van der Waals surface area contributed by atoms with Gasteiger partial charge in [0, 0.05) is 4.92 Å². The van der Waals surface area contributed by atoms with Gasteiger partial charge in [0.25, 0.3) is 0 Å². The molecular formula is C24H24N2O6S. The molecule has 0 saturated heterocycles. The maximum atomic E-state index is 13.5. The van der Waals surface area contributed by atoms with Gasteiger partial charge in [0.1, 0.15) is 0 Å². The molecule has 0 aliphatic carbocycles. The topological polar surface area (TPSA) is 116 Å². The van der Waals surface area contributed by atoms with Crippen LogP contribution in [0.3, 0.4) is 0 Å². The Morgan fingerprint density at radius 2 is 1.55 bits per heavy atom. The monoisotopic (exact) mass is 468 g/mol. The molecule has 0 fully saturated rings. The quantitative estimate of drug-likeness (QED) is 0.292. The Hall–Kier alpha value is -3.56. The minimum Gasteiger partial charge on any atom is -0.467 e. The number of ether oxygens (including phenoxy) is 1. The summed E-state index contributed by atoms with van der Waals surface area (Å²) in [6.45, 7) is 1.10. The van der Waals surface area contributed by atoms with Crippen LogP contribution in [0, 0.1) is 17.0 Å². The minimum atomic E-state index is -4.30. The van der Waals surface area contributed by atoms with Gasteiger partial charge in [0.05, 0.1) is 17.9 Å². The van der Waals surface area contributed by atoms with E-state index in [1.807, 2.05) is 6.92 Å². The number of carbonyl (C=O) groups excluding carboxylic acids is 1. The average Bonchev–Trinajstić information content (AvgIpc) is 2.82. The Morgan fingerprint density at radius 3 is 2.06 bits per heavy atom. The highest BCUT2D eigenvalue weighted by molar-refractivity contribution is 7.89. The first-order chi connectivity index (χ1) is 15.7. The van der Waals surface area contributed by atoms with Gasteiger partial charge in [0.15, 0.2) is 5.54 Å². The molecule has 33 heavy (non-hydrogen) atoms. The van der Waals surface area contributed by atoms with Gasteiger partial charge in [-0.25, -0.2) is 13.2 Å². The average molecular weight is 469 g/mol. The van der Waals surface area contributed by atoms with Crippen LogP contribution in [-0.4, -0.2) is 33.0 Å². The molecule has 1 N–H and O–H groups in total. The van der Waals surface area contributed by atoms with Gasteiger partial charge in [-0.2, -0.15) is 4.72 Å². The summed E-state index contributed by atoms with van der Waals surface area (Å²) in [5.74, 6) is -2.16. The molecule has 172 valence electrons. The van der Waals surface area contributed by atoms with Crippen LogP contribution in [0.15, 0.2) is 89.8 Å². The molecule has 0 bridgehead atoms. The molecule has 0 aliphatic heterocycles. The van der Waals surface area contributed by atoms with Crippen molar-refractivity contribution >= 4 is 16.0 Å². The molecule has 2 atom stereocenters. The van der Waals surface area contributed by atoms with Crippen molar-refractivity contribution in [2.75, 3.05) is 13.7 Å². The molecule has 9 heteroatoms. The zero-order valence-corrected chi connectivity index (χ0v) is 19.0. The zero-order valence-electron chi connectivity index (χ0n) is 18.2. The number of rotatable bonds is 9. The highest BCUT2D eigenvalue weighted by Crippen LogP contribution is 2.40. The molecule has 0 saturated carbocycles. The SMILES string of the molecule is COC(=O)C(NS(=O)(=O)c1ccc(C)cc1)(c1ccccc1)C(C[N+](=O)[O-])c1ccccc1. The number of hydrogen-bond acceptors (Lipinski definition) is 6. The lowest BCUT2D eigenvalue weighted by molar-refractivity contribution is -0.485. The van der Waals surface area contributed by atoms with E-state index in [9.17, 15) is 23.3 Å². The second-order valence-electron chi connectivity index (χ2n) is 7.56. The van der Waals surface area contributed by atoms with Crippen molar-refractivity contribution in [3.8, 4) is 0 Å². The van der Waals surface area contributed by atoms with Crippen molar-refractivity contribution in [3.63, 3.8) is 0 Å². The highest BCUT2D eigenvalue weighted by atomic mass is 32.2. The van der Waals surface area contributed by atoms with Crippen LogP contribution in [0.25, 0.3) is 0 Å². The molecule has 0 amide bonds. The Morgan fingerprint density at radius 1 is 1.00 bits per heavy atom. The van der Waals surface area contributed by atoms with Crippen molar-refractivity contribution in [2.45, 2.75) is 23.3 Å². The molecule has 2 unspecified atom stereocenters. The standard InChI is InChI=1S/C24H24N2O6S/c1-18-13-15-21(16-14-18)33(30,31)25-24(23(27)32-2,20-11-7-4-8-12-20)22(17-26(28)29)19-9-5-3-6-10-19/h3-16,22,25H,17H2,1-2H3. The van der Waals surface area contributed by atoms with Crippen LogP contribution in [-0.2, 0) is 25.1 Å². The number of nitrogens with zero attached hydrogens (tertiary/aromatic N) is 1. The van der Waals surface area contributed by atoms with E-state index in [0.29, 0.717) is 5.56 Å². The van der Waals surface area contributed by atoms with Gasteiger partial charge < -0.3 is 4.74 Å². The first-order valence-corrected chi connectivity index (χ1v) is 11.6. The van der Waals surface area contributed by atoms with Gasteiger partial charge in [-0.15, -0.1) is 0 Å². The zero-order chi connectivity index (χ0) is 24.1. The fourth-order valence-electron chi connectivity index (χ4n) is 3.81. The van der Waals surface area contributed by atoms with E-state index < -0.39 is 38.9 Å². The van der Waals surface area contributed by atoms with E-state index in [-0.39, 0.29) is 10.5 Å². The van der Waals surface area contributed by atoms with Crippen LogP contribution in [0.1, 0.15) is 22.6 Å². The smallest absolute Gasteiger partial charge is 0.332 e. The third kappa shape index (κ3) is 5.10. The van der Waals surface area contributed by atoms with E-state index in [2.05, 4.69) is 4.72 Å². The Labute approximate surface area is 192 Å². The predicted molar refractivity (Wildman–Crippen MR) is 123 cm³/mol. The normalized spacial score (nSPS) is 14.1. The molecule has 8 nitrogen and oxygen atoms in total. The number of methoxy groups -OCH3 is 1. The minimum absolute atomic E-state index is 0.0785. The largest absolute Gasteiger partial charge is 0.467 e. The Kier molecular flexibility index (Phi) is 7.25. The number of sulfonamides is 1. The third-order valence-corrected chi connectivity index (χ3v) is 6.90. The molecule has 0 aliphatic rings. The van der Waals surface area contributed by atoms with Crippen molar-refractivity contribution in [2.24, 2.45) is 0 Å². The number of esters is 1. The summed E-state index contributed by atoms with van der Waals surface area (Å²) in [5.41, 5.74) is -0.612.